The van der Waals surface area contributed by atoms with Crippen molar-refractivity contribution in [1.29, 1.82) is 0 Å². The molecule has 6 nitrogen and oxygen atoms in total. The van der Waals surface area contributed by atoms with E-state index >= 15 is 0 Å². The number of nitrogens with one attached hydrogen (secondary N) is 1. The Morgan fingerprint density at radius 2 is 2.00 bits per heavy atom. The van der Waals surface area contributed by atoms with Gasteiger partial charge in [-0.2, -0.15) is 0 Å². The molecule has 0 atom stereocenters. The second kappa shape index (κ2) is 5.41. The number of fused-ring (bicyclic) bond motifs is 1. The van der Waals surface area contributed by atoms with Crippen molar-refractivity contribution in [3.8, 4) is 0 Å². The molecule has 1 aromatic heterocycles. The lowest BCUT2D eigenvalue weighted by molar-refractivity contribution is 0.0987. The van der Waals surface area contributed by atoms with Gasteiger partial charge in [0.05, 0.1) is 28.8 Å². The molecule has 6 heteroatoms. The molecule has 2 heterocycles. The molecule has 0 saturated heterocycles. The van der Waals surface area contributed by atoms with Crippen LogP contribution in [0.1, 0.15) is 10.4 Å². The van der Waals surface area contributed by atoms with Gasteiger partial charge in [-0.15, -0.1) is 0 Å². The lowest BCUT2D eigenvalue weighted by Crippen LogP contribution is -2.43. The summed E-state index contributed by atoms with van der Waals surface area (Å²) in [6, 6.07) is 9.57. The minimum absolute atomic E-state index is 0.0779. The maximum atomic E-state index is 12.8. The minimum atomic E-state index is -0.0779. The molecule has 0 spiro atoms. The molecule has 1 aliphatic rings. The first-order valence-corrected chi connectivity index (χ1v) is 6.75. The number of benzene rings is 1. The second-order valence-electron chi connectivity index (χ2n) is 4.93. The van der Waals surface area contributed by atoms with Crippen molar-refractivity contribution in [2.45, 2.75) is 0 Å². The third kappa shape index (κ3) is 2.30. The third-order valence-corrected chi connectivity index (χ3v) is 3.69. The van der Waals surface area contributed by atoms with Crippen LogP contribution >= 0.6 is 0 Å². The highest BCUT2D eigenvalue weighted by atomic mass is 16.2. The summed E-state index contributed by atoms with van der Waals surface area (Å²) >= 11 is 0. The molecule has 0 radical (unpaired) electrons. The zero-order valence-corrected chi connectivity index (χ0v) is 11.8. The second-order valence-corrected chi connectivity index (χ2v) is 4.93. The quantitative estimate of drug-likeness (QED) is 0.645. The number of nitrogens with zero attached hydrogens (tertiary/aromatic N) is 3. The highest BCUT2D eigenvalue weighted by Gasteiger charge is 2.26. The molecule has 0 saturated carbocycles. The molecule has 108 valence electrons. The maximum absolute atomic E-state index is 12.8. The van der Waals surface area contributed by atoms with E-state index in [0.717, 1.165) is 17.9 Å². The zero-order chi connectivity index (χ0) is 14.8. The molecule has 0 unspecified atom stereocenters. The van der Waals surface area contributed by atoms with Crippen LogP contribution in [-0.4, -0.2) is 31.0 Å². The molecule has 1 aliphatic heterocycles. The number of hydrazine groups is 1. The SMILES string of the molecule is CN1CCN(C(=O)c2ccncc2NN)c2ccccc21. The number of nitrogen functional groups attached to an aromatic ring is 1. The first-order chi connectivity index (χ1) is 10.2. The molecule has 0 fully saturated rings. The predicted molar refractivity (Wildman–Crippen MR) is 83.4 cm³/mol. The normalized spacial score (nSPS) is 13.8. The van der Waals surface area contributed by atoms with Crippen LogP contribution in [0.2, 0.25) is 0 Å². The van der Waals surface area contributed by atoms with Gasteiger partial charge in [0, 0.05) is 26.3 Å². The summed E-state index contributed by atoms with van der Waals surface area (Å²) < 4.78 is 0. The molecule has 0 aliphatic carbocycles. The molecule has 0 bridgehead atoms. The summed E-state index contributed by atoms with van der Waals surface area (Å²) in [5.74, 6) is 5.39. The van der Waals surface area contributed by atoms with Crippen LogP contribution < -0.4 is 21.1 Å². The van der Waals surface area contributed by atoms with Crippen LogP contribution in [0.5, 0.6) is 0 Å². The number of pyridine rings is 1. The van der Waals surface area contributed by atoms with E-state index in [1.54, 1.807) is 23.4 Å². The predicted octanol–water partition coefficient (Wildman–Crippen LogP) is 1.46. The minimum Gasteiger partial charge on any atom is -0.371 e. The van der Waals surface area contributed by atoms with Crippen molar-refractivity contribution in [2.24, 2.45) is 5.84 Å². The Labute approximate surface area is 123 Å². The van der Waals surface area contributed by atoms with Crippen LogP contribution in [0.4, 0.5) is 17.1 Å². The van der Waals surface area contributed by atoms with Crippen molar-refractivity contribution < 1.29 is 4.79 Å². The summed E-state index contributed by atoms with van der Waals surface area (Å²) in [5.41, 5.74) is 5.54. The molecule has 1 aromatic carbocycles. The van der Waals surface area contributed by atoms with E-state index < -0.39 is 0 Å². The van der Waals surface area contributed by atoms with Crippen LogP contribution in [0.25, 0.3) is 0 Å². The number of para-hydroxylation sites is 2. The van der Waals surface area contributed by atoms with Crippen LogP contribution in [0.3, 0.4) is 0 Å². The molecule has 3 N–H and O–H groups in total. The monoisotopic (exact) mass is 283 g/mol. The molecular weight excluding hydrogens is 266 g/mol. The molecule has 2 aromatic rings. The Kier molecular flexibility index (Phi) is 3.45. The Balaban J connectivity index is 2.01. The van der Waals surface area contributed by atoms with E-state index in [2.05, 4.69) is 15.3 Å². The van der Waals surface area contributed by atoms with Crippen LogP contribution in [-0.2, 0) is 0 Å². The fourth-order valence-electron chi connectivity index (χ4n) is 2.56. The van der Waals surface area contributed by atoms with Gasteiger partial charge in [0.1, 0.15) is 0 Å². The number of aromatic nitrogens is 1. The van der Waals surface area contributed by atoms with Gasteiger partial charge in [0.25, 0.3) is 5.91 Å². The van der Waals surface area contributed by atoms with Gasteiger partial charge in [-0.25, -0.2) is 0 Å². The Bertz CT molecular complexity index is 673. The number of anilines is 3. The number of amides is 1. The highest BCUT2D eigenvalue weighted by Crippen LogP contribution is 2.33. The number of rotatable bonds is 2. The number of likely N-dealkylation sites (N-methyl/N-ethyl adjacent to an activating group) is 1. The largest absolute Gasteiger partial charge is 0.371 e. The van der Waals surface area contributed by atoms with Gasteiger partial charge in [-0.05, 0) is 18.2 Å². The van der Waals surface area contributed by atoms with E-state index in [1.807, 2.05) is 31.3 Å². The molecular formula is C15H17N5O. The highest BCUT2D eigenvalue weighted by molar-refractivity contribution is 6.11. The van der Waals surface area contributed by atoms with E-state index in [0.29, 0.717) is 17.8 Å². The van der Waals surface area contributed by atoms with Crippen molar-refractivity contribution in [3.05, 3.63) is 48.3 Å². The Morgan fingerprint density at radius 3 is 2.76 bits per heavy atom. The summed E-state index contributed by atoms with van der Waals surface area (Å²) in [4.78, 5) is 20.7. The number of nitrogens with two attached hydrogens (primary N) is 1. The van der Waals surface area contributed by atoms with Crippen molar-refractivity contribution in [2.75, 3.05) is 35.4 Å². The lowest BCUT2D eigenvalue weighted by Gasteiger charge is -2.35. The smallest absolute Gasteiger partial charge is 0.260 e. The van der Waals surface area contributed by atoms with Gasteiger partial charge in [0.2, 0.25) is 0 Å². The Morgan fingerprint density at radius 1 is 1.24 bits per heavy atom. The zero-order valence-electron chi connectivity index (χ0n) is 11.8. The van der Waals surface area contributed by atoms with Gasteiger partial charge >= 0.3 is 0 Å². The number of hydrogen-bond acceptors (Lipinski definition) is 5. The average Bonchev–Trinajstić information content (AvgIpc) is 2.55. The number of carbonyl (C=O) groups is 1. The summed E-state index contributed by atoms with van der Waals surface area (Å²) in [7, 11) is 2.03. The van der Waals surface area contributed by atoms with E-state index in [-0.39, 0.29) is 5.91 Å². The van der Waals surface area contributed by atoms with Gasteiger partial charge in [-0.1, -0.05) is 12.1 Å². The summed E-state index contributed by atoms with van der Waals surface area (Å²) in [5, 5.41) is 0. The maximum Gasteiger partial charge on any atom is 0.260 e. The fraction of sp³-hybridized carbons (Fsp3) is 0.200. The lowest BCUT2D eigenvalue weighted by atomic mass is 10.1. The Hall–Kier alpha value is -2.60. The molecule has 3 rings (SSSR count). The average molecular weight is 283 g/mol. The van der Waals surface area contributed by atoms with Crippen LogP contribution in [0.15, 0.2) is 42.7 Å². The van der Waals surface area contributed by atoms with Gasteiger partial charge < -0.3 is 15.2 Å². The molecule has 1 amide bonds. The summed E-state index contributed by atoms with van der Waals surface area (Å²) in [6.07, 6.45) is 3.14. The van der Waals surface area contributed by atoms with Crippen molar-refractivity contribution in [3.63, 3.8) is 0 Å². The fourth-order valence-corrected chi connectivity index (χ4v) is 2.56. The topological polar surface area (TPSA) is 74.5 Å². The van der Waals surface area contributed by atoms with E-state index in [1.165, 1.54) is 0 Å². The van der Waals surface area contributed by atoms with E-state index in [4.69, 9.17) is 5.84 Å². The standard InChI is InChI=1S/C15H17N5O/c1-19-8-9-20(14-5-3-2-4-13(14)19)15(21)11-6-7-17-10-12(11)18-16/h2-7,10,18H,8-9,16H2,1H3. The number of carbonyl (C=O) groups excluding carboxylic acids is 1. The van der Waals surface area contributed by atoms with E-state index in [9.17, 15) is 4.79 Å². The van der Waals surface area contributed by atoms with Gasteiger partial charge in [-0.3, -0.25) is 15.6 Å². The van der Waals surface area contributed by atoms with Crippen LogP contribution in [0, 0.1) is 0 Å². The molecule has 21 heavy (non-hydrogen) atoms. The first-order valence-electron chi connectivity index (χ1n) is 6.75. The van der Waals surface area contributed by atoms with Crippen molar-refractivity contribution >= 4 is 23.0 Å². The number of hydrogen-bond donors (Lipinski definition) is 2. The third-order valence-electron chi connectivity index (χ3n) is 3.69. The first kappa shape index (κ1) is 13.4. The summed E-state index contributed by atoms with van der Waals surface area (Å²) in [6.45, 7) is 1.43. The van der Waals surface area contributed by atoms with Crippen molar-refractivity contribution in [1.82, 2.24) is 4.98 Å². The van der Waals surface area contributed by atoms with Gasteiger partial charge in [0.15, 0.2) is 0 Å².